The number of methoxy groups -OCH3 is 1. The normalized spacial score (nSPS) is 11.3. The van der Waals surface area contributed by atoms with Crippen LogP contribution in [-0.4, -0.2) is 44.4 Å². The van der Waals surface area contributed by atoms with Crippen molar-refractivity contribution in [3.05, 3.63) is 42.0 Å². The van der Waals surface area contributed by atoms with Crippen molar-refractivity contribution >= 4 is 16.9 Å². The summed E-state index contributed by atoms with van der Waals surface area (Å²) in [7, 11) is 1.51. The van der Waals surface area contributed by atoms with Crippen LogP contribution in [-0.2, 0) is 11.2 Å². The number of H-pyrrole nitrogens is 1. The Morgan fingerprint density at radius 2 is 2.16 bits per heavy atom. The second kappa shape index (κ2) is 8.66. The molecule has 0 spiro atoms. The van der Waals surface area contributed by atoms with Gasteiger partial charge in [0.2, 0.25) is 5.82 Å². The molecule has 0 saturated heterocycles. The number of aryl methyl sites for hydroxylation is 1. The van der Waals surface area contributed by atoms with Gasteiger partial charge in [-0.25, -0.2) is 9.37 Å². The molecule has 0 aliphatic heterocycles. The summed E-state index contributed by atoms with van der Waals surface area (Å²) in [6.07, 6.45) is 3.16. The lowest BCUT2D eigenvalue weighted by molar-refractivity contribution is -0.136. The number of nitrogens with zero attached hydrogens (tertiary/aromatic N) is 3. The molecular formula is C22H21FN4O5. The Balaban J connectivity index is 1.70. The molecule has 4 aromatic rings. The maximum absolute atomic E-state index is 14.5. The highest BCUT2D eigenvalue weighted by molar-refractivity contribution is 5.95. The maximum Gasteiger partial charge on any atom is 0.303 e. The number of halogens is 1. The molecule has 0 aliphatic carbocycles. The van der Waals surface area contributed by atoms with E-state index in [1.165, 1.54) is 19.4 Å². The number of aromatic nitrogens is 4. The number of rotatable bonds is 8. The Labute approximate surface area is 182 Å². The first kappa shape index (κ1) is 21.3. The Morgan fingerprint density at radius 3 is 2.88 bits per heavy atom. The SMILES string of the molecule is COc1cc(-c2nc(-c3ccc(F)c4c(CCC(=O)O)c[nH]c34)no2)cnc1OC(C)C. The van der Waals surface area contributed by atoms with Gasteiger partial charge in [0.25, 0.3) is 11.8 Å². The molecule has 9 nitrogen and oxygen atoms in total. The van der Waals surface area contributed by atoms with Crippen LogP contribution < -0.4 is 9.47 Å². The molecule has 0 bridgehead atoms. The third kappa shape index (κ3) is 4.11. The number of ether oxygens (including phenoxy) is 2. The lowest BCUT2D eigenvalue weighted by Gasteiger charge is -2.12. The fourth-order valence-corrected chi connectivity index (χ4v) is 3.35. The molecule has 0 atom stereocenters. The topological polar surface area (TPSA) is 123 Å². The van der Waals surface area contributed by atoms with Gasteiger partial charge in [0.1, 0.15) is 5.82 Å². The second-order valence-corrected chi connectivity index (χ2v) is 7.37. The van der Waals surface area contributed by atoms with Crippen LogP contribution in [0.3, 0.4) is 0 Å². The molecule has 0 radical (unpaired) electrons. The zero-order valence-corrected chi connectivity index (χ0v) is 17.7. The van der Waals surface area contributed by atoms with Crippen molar-refractivity contribution in [2.45, 2.75) is 32.8 Å². The third-order valence-corrected chi connectivity index (χ3v) is 4.77. The van der Waals surface area contributed by atoms with Crippen LogP contribution in [0, 0.1) is 5.82 Å². The van der Waals surface area contributed by atoms with Crippen molar-refractivity contribution in [1.29, 1.82) is 0 Å². The summed E-state index contributed by atoms with van der Waals surface area (Å²) < 4.78 is 30.9. The number of nitrogens with one attached hydrogen (secondary N) is 1. The van der Waals surface area contributed by atoms with E-state index in [1.54, 1.807) is 18.3 Å². The Bertz CT molecular complexity index is 1280. The molecule has 10 heteroatoms. The first-order valence-electron chi connectivity index (χ1n) is 9.92. The van der Waals surface area contributed by atoms with Crippen molar-refractivity contribution in [2.75, 3.05) is 7.11 Å². The highest BCUT2D eigenvalue weighted by Gasteiger charge is 2.19. The van der Waals surface area contributed by atoms with E-state index in [0.717, 1.165) is 0 Å². The Morgan fingerprint density at radius 1 is 1.34 bits per heavy atom. The van der Waals surface area contributed by atoms with Gasteiger partial charge in [0.15, 0.2) is 5.75 Å². The Hall–Kier alpha value is -3.95. The van der Waals surface area contributed by atoms with Gasteiger partial charge in [0, 0.05) is 35.8 Å². The molecule has 0 aliphatic rings. The van der Waals surface area contributed by atoms with E-state index in [9.17, 15) is 9.18 Å². The van der Waals surface area contributed by atoms with E-state index in [2.05, 4.69) is 20.1 Å². The lowest BCUT2D eigenvalue weighted by atomic mass is 10.0. The first-order chi connectivity index (χ1) is 15.4. The van der Waals surface area contributed by atoms with Crippen LogP contribution in [0.4, 0.5) is 4.39 Å². The van der Waals surface area contributed by atoms with E-state index in [4.69, 9.17) is 19.1 Å². The van der Waals surface area contributed by atoms with E-state index in [1.807, 2.05) is 13.8 Å². The van der Waals surface area contributed by atoms with Crippen LogP contribution in [0.1, 0.15) is 25.8 Å². The summed E-state index contributed by atoms with van der Waals surface area (Å²) in [5.41, 5.74) is 2.09. The van der Waals surface area contributed by atoms with Gasteiger partial charge in [-0.3, -0.25) is 4.79 Å². The molecule has 2 N–H and O–H groups in total. The fourth-order valence-electron chi connectivity index (χ4n) is 3.35. The minimum absolute atomic E-state index is 0.0701. The van der Waals surface area contributed by atoms with Crippen LogP contribution in [0.25, 0.3) is 33.7 Å². The second-order valence-electron chi connectivity index (χ2n) is 7.37. The molecule has 0 saturated carbocycles. The standard InChI is InChI=1S/C22H21FN4O5/c1-11(2)31-22-16(30-3)8-13(10-25-22)21-26-20(27-32-21)14-5-6-15(23)18-12(4-7-17(28)29)9-24-19(14)18/h5-6,8-11,24H,4,7H2,1-3H3,(H,28,29). The summed E-state index contributed by atoms with van der Waals surface area (Å²) in [5, 5.41) is 13.3. The van der Waals surface area contributed by atoms with Crippen LogP contribution in [0.15, 0.2) is 35.1 Å². The minimum atomic E-state index is -0.951. The van der Waals surface area contributed by atoms with Crippen molar-refractivity contribution in [3.8, 4) is 34.5 Å². The number of carbonyl (C=O) groups is 1. The molecule has 166 valence electrons. The summed E-state index contributed by atoms with van der Waals surface area (Å²) in [5.74, 6) is -0.175. The average Bonchev–Trinajstić information content (AvgIpc) is 3.41. The van der Waals surface area contributed by atoms with Crippen molar-refractivity contribution in [1.82, 2.24) is 20.1 Å². The van der Waals surface area contributed by atoms with Gasteiger partial charge in [-0.2, -0.15) is 4.98 Å². The Kier molecular flexibility index (Phi) is 5.76. The van der Waals surface area contributed by atoms with E-state index in [-0.39, 0.29) is 30.7 Å². The minimum Gasteiger partial charge on any atom is -0.491 e. The summed E-state index contributed by atoms with van der Waals surface area (Å²) in [6.45, 7) is 3.77. The number of fused-ring (bicyclic) bond motifs is 1. The molecule has 0 amide bonds. The average molecular weight is 440 g/mol. The maximum atomic E-state index is 14.5. The van der Waals surface area contributed by atoms with Gasteiger partial charge in [0.05, 0.1) is 24.3 Å². The molecule has 0 unspecified atom stereocenters. The molecular weight excluding hydrogens is 419 g/mol. The molecule has 32 heavy (non-hydrogen) atoms. The molecule has 3 heterocycles. The zero-order chi connectivity index (χ0) is 22.8. The number of aliphatic carboxylic acids is 1. The lowest BCUT2D eigenvalue weighted by Crippen LogP contribution is -2.08. The molecule has 3 aromatic heterocycles. The van der Waals surface area contributed by atoms with Crippen LogP contribution in [0.2, 0.25) is 0 Å². The number of carboxylic acid groups (broad SMARTS) is 1. The molecule has 0 fully saturated rings. The fraction of sp³-hybridized carbons (Fsp3) is 0.273. The number of benzene rings is 1. The van der Waals surface area contributed by atoms with Gasteiger partial charge in [-0.05, 0) is 38.0 Å². The first-order valence-corrected chi connectivity index (χ1v) is 9.92. The predicted octanol–water partition coefficient (Wildman–Crippen LogP) is 4.23. The van der Waals surface area contributed by atoms with E-state index >= 15 is 0 Å². The van der Waals surface area contributed by atoms with Gasteiger partial charge < -0.3 is 24.1 Å². The van der Waals surface area contributed by atoms with E-state index < -0.39 is 11.8 Å². The molecule has 1 aromatic carbocycles. The van der Waals surface area contributed by atoms with Crippen molar-refractivity contribution < 1.29 is 28.3 Å². The van der Waals surface area contributed by atoms with E-state index in [0.29, 0.717) is 39.2 Å². The number of carboxylic acids is 1. The number of hydrogen-bond donors (Lipinski definition) is 2. The number of aromatic amines is 1. The zero-order valence-electron chi connectivity index (χ0n) is 17.7. The summed E-state index contributed by atoms with van der Waals surface area (Å²) in [4.78, 5) is 22.6. The highest BCUT2D eigenvalue weighted by Crippen LogP contribution is 2.34. The summed E-state index contributed by atoms with van der Waals surface area (Å²) >= 11 is 0. The van der Waals surface area contributed by atoms with Crippen LogP contribution >= 0.6 is 0 Å². The predicted molar refractivity (Wildman–Crippen MR) is 113 cm³/mol. The number of pyridine rings is 1. The smallest absolute Gasteiger partial charge is 0.303 e. The summed E-state index contributed by atoms with van der Waals surface area (Å²) in [6, 6.07) is 4.53. The van der Waals surface area contributed by atoms with Crippen molar-refractivity contribution in [2.24, 2.45) is 0 Å². The van der Waals surface area contributed by atoms with Crippen molar-refractivity contribution in [3.63, 3.8) is 0 Å². The third-order valence-electron chi connectivity index (χ3n) is 4.77. The van der Waals surface area contributed by atoms with Crippen LogP contribution in [0.5, 0.6) is 11.6 Å². The monoisotopic (exact) mass is 440 g/mol. The van der Waals surface area contributed by atoms with Gasteiger partial charge in [-0.15, -0.1) is 0 Å². The van der Waals surface area contributed by atoms with Gasteiger partial charge >= 0.3 is 5.97 Å². The van der Waals surface area contributed by atoms with Gasteiger partial charge in [-0.1, -0.05) is 5.16 Å². The quantitative estimate of drug-likeness (QED) is 0.417. The number of hydrogen-bond acceptors (Lipinski definition) is 7. The molecule has 4 rings (SSSR count). The largest absolute Gasteiger partial charge is 0.491 e. The highest BCUT2D eigenvalue weighted by atomic mass is 19.1.